The zero-order valence-electron chi connectivity index (χ0n) is 12.3. The van der Waals surface area contributed by atoms with Gasteiger partial charge < -0.3 is 15.1 Å². The second-order valence-electron chi connectivity index (χ2n) is 5.22. The maximum Gasteiger partial charge on any atom is 0.298 e. The number of nitrogens with zero attached hydrogens (tertiary/aromatic N) is 2. The van der Waals surface area contributed by atoms with Crippen LogP contribution in [0, 0.1) is 0 Å². The lowest BCUT2D eigenvalue weighted by atomic mass is 10.1. The molecule has 21 heavy (non-hydrogen) atoms. The molecule has 0 radical (unpaired) electrons. The van der Waals surface area contributed by atoms with E-state index in [1.165, 1.54) is 11.1 Å². The number of hydrogen-bond donors (Lipinski definition) is 1. The van der Waals surface area contributed by atoms with Crippen LogP contribution in [0.2, 0.25) is 0 Å². The molecule has 0 amide bonds. The summed E-state index contributed by atoms with van der Waals surface area (Å²) in [6, 6.07) is 14.8. The standard InChI is InChI=1S/C17H19N3O/c1-3-12-7-9-13(10-8-12)11-20(2)17-19-16-14(18)5-4-6-15(16)21-17/h4-10H,3,11,18H2,1-2H3. The largest absolute Gasteiger partial charge is 0.423 e. The Balaban J connectivity index is 1.82. The molecule has 2 N–H and O–H groups in total. The van der Waals surface area contributed by atoms with Crippen LogP contribution < -0.4 is 10.6 Å². The maximum absolute atomic E-state index is 5.91. The highest BCUT2D eigenvalue weighted by molar-refractivity contribution is 5.86. The van der Waals surface area contributed by atoms with Gasteiger partial charge in [-0.15, -0.1) is 0 Å². The lowest BCUT2D eigenvalue weighted by molar-refractivity contribution is 0.582. The monoisotopic (exact) mass is 281 g/mol. The molecule has 0 atom stereocenters. The Morgan fingerprint density at radius 1 is 1.10 bits per heavy atom. The van der Waals surface area contributed by atoms with Crippen molar-refractivity contribution in [2.24, 2.45) is 0 Å². The molecular weight excluding hydrogens is 262 g/mol. The van der Waals surface area contributed by atoms with Gasteiger partial charge in [-0.3, -0.25) is 0 Å². The highest BCUT2D eigenvalue weighted by Crippen LogP contribution is 2.26. The number of para-hydroxylation sites is 1. The van der Waals surface area contributed by atoms with Crippen molar-refractivity contribution in [2.45, 2.75) is 19.9 Å². The second kappa shape index (κ2) is 5.48. The molecule has 108 valence electrons. The number of nitrogen functional groups attached to an aromatic ring is 1. The van der Waals surface area contributed by atoms with E-state index in [2.05, 4.69) is 36.2 Å². The van der Waals surface area contributed by atoms with Gasteiger partial charge in [-0.1, -0.05) is 37.3 Å². The molecule has 1 aromatic heterocycles. The molecule has 0 aliphatic heterocycles. The van der Waals surface area contributed by atoms with E-state index in [0.717, 1.165) is 24.1 Å². The van der Waals surface area contributed by atoms with Crippen molar-refractivity contribution in [3.63, 3.8) is 0 Å². The van der Waals surface area contributed by atoms with Crippen LogP contribution in [-0.4, -0.2) is 12.0 Å². The van der Waals surface area contributed by atoms with E-state index >= 15 is 0 Å². The summed E-state index contributed by atoms with van der Waals surface area (Å²) >= 11 is 0. The number of benzene rings is 2. The summed E-state index contributed by atoms with van der Waals surface area (Å²) in [6.07, 6.45) is 1.06. The summed E-state index contributed by atoms with van der Waals surface area (Å²) in [6.45, 7) is 2.90. The van der Waals surface area contributed by atoms with Gasteiger partial charge in [-0.25, -0.2) is 0 Å². The molecule has 0 saturated carbocycles. The fourth-order valence-corrected chi connectivity index (χ4v) is 2.34. The molecule has 0 aliphatic carbocycles. The predicted octanol–water partition coefficient (Wildman–Crippen LogP) is 3.61. The van der Waals surface area contributed by atoms with Crippen LogP contribution in [0.15, 0.2) is 46.9 Å². The van der Waals surface area contributed by atoms with Crippen molar-refractivity contribution in [1.82, 2.24) is 4.98 Å². The Bertz CT molecular complexity index is 746. The van der Waals surface area contributed by atoms with Crippen LogP contribution in [-0.2, 0) is 13.0 Å². The number of oxazole rings is 1. The second-order valence-corrected chi connectivity index (χ2v) is 5.22. The van der Waals surface area contributed by atoms with Gasteiger partial charge in [0.25, 0.3) is 6.01 Å². The van der Waals surface area contributed by atoms with E-state index in [4.69, 9.17) is 10.2 Å². The Morgan fingerprint density at radius 2 is 1.81 bits per heavy atom. The molecule has 4 heteroatoms. The third-order valence-corrected chi connectivity index (χ3v) is 3.62. The van der Waals surface area contributed by atoms with Crippen LogP contribution in [0.4, 0.5) is 11.7 Å². The highest BCUT2D eigenvalue weighted by atomic mass is 16.4. The van der Waals surface area contributed by atoms with Crippen molar-refractivity contribution < 1.29 is 4.42 Å². The minimum atomic E-state index is 0.586. The van der Waals surface area contributed by atoms with Crippen molar-refractivity contribution in [1.29, 1.82) is 0 Å². The van der Waals surface area contributed by atoms with E-state index in [1.54, 1.807) is 0 Å². The van der Waals surface area contributed by atoms with E-state index in [0.29, 0.717) is 11.7 Å². The van der Waals surface area contributed by atoms with Crippen molar-refractivity contribution >= 4 is 22.8 Å². The van der Waals surface area contributed by atoms with E-state index < -0.39 is 0 Å². The fraction of sp³-hybridized carbons (Fsp3) is 0.235. The first kappa shape index (κ1) is 13.5. The molecule has 4 nitrogen and oxygen atoms in total. The smallest absolute Gasteiger partial charge is 0.298 e. The molecule has 2 aromatic carbocycles. The number of aromatic nitrogens is 1. The Kier molecular flexibility index (Phi) is 3.52. The summed E-state index contributed by atoms with van der Waals surface area (Å²) in [5.41, 5.74) is 10.6. The van der Waals surface area contributed by atoms with Gasteiger partial charge in [0.05, 0.1) is 5.69 Å². The Morgan fingerprint density at radius 3 is 2.48 bits per heavy atom. The molecule has 3 aromatic rings. The number of nitrogens with two attached hydrogens (primary N) is 1. The highest BCUT2D eigenvalue weighted by Gasteiger charge is 2.12. The van der Waals surface area contributed by atoms with Gasteiger partial charge in [-0.2, -0.15) is 4.98 Å². The summed E-state index contributed by atoms with van der Waals surface area (Å²) < 4.78 is 5.76. The zero-order valence-corrected chi connectivity index (χ0v) is 12.3. The first-order valence-corrected chi connectivity index (χ1v) is 7.11. The molecule has 0 saturated heterocycles. The quantitative estimate of drug-likeness (QED) is 0.742. The molecule has 0 spiro atoms. The van der Waals surface area contributed by atoms with Gasteiger partial charge in [0, 0.05) is 13.6 Å². The third kappa shape index (κ3) is 2.70. The minimum Gasteiger partial charge on any atom is -0.423 e. The molecule has 0 fully saturated rings. The molecule has 3 rings (SSSR count). The van der Waals surface area contributed by atoms with E-state index in [-0.39, 0.29) is 0 Å². The molecule has 1 heterocycles. The van der Waals surface area contributed by atoms with Crippen LogP contribution in [0.3, 0.4) is 0 Å². The topological polar surface area (TPSA) is 55.3 Å². The van der Waals surface area contributed by atoms with Crippen LogP contribution >= 0.6 is 0 Å². The minimum absolute atomic E-state index is 0.586. The zero-order chi connectivity index (χ0) is 14.8. The van der Waals surface area contributed by atoms with Crippen LogP contribution in [0.1, 0.15) is 18.1 Å². The molecule has 0 unspecified atom stereocenters. The number of anilines is 2. The summed E-state index contributed by atoms with van der Waals surface area (Å²) in [7, 11) is 1.97. The summed E-state index contributed by atoms with van der Waals surface area (Å²) in [5.74, 6) is 0. The number of rotatable bonds is 4. The van der Waals surface area contributed by atoms with Crippen molar-refractivity contribution in [3.8, 4) is 0 Å². The van der Waals surface area contributed by atoms with Gasteiger partial charge in [0.1, 0.15) is 5.52 Å². The first-order valence-electron chi connectivity index (χ1n) is 7.11. The van der Waals surface area contributed by atoms with E-state index in [1.807, 2.05) is 30.1 Å². The molecule has 0 aliphatic rings. The van der Waals surface area contributed by atoms with Gasteiger partial charge in [0.2, 0.25) is 0 Å². The molecule has 0 bridgehead atoms. The van der Waals surface area contributed by atoms with Crippen LogP contribution in [0.25, 0.3) is 11.1 Å². The van der Waals surface area contributed by atoms with Crippen molar-refractivity contribution in [3.05, 3.63) is 53.6 Å². The Labute approximate surface area is 124 Å². The van der Waals surface area contributed by atoms with Gasteiger partial charge in [-0.05, 0) is 29.7 Å². The van der Waals surface area contributed by atoms with Crippen LogP contribution in [0.5, 0.6) is 0 Å². The number of aryl methyl sites for hydroxylation is 1. The summed E-state index contributed by atoms with van der Waals surface area (Å²) in [5, 5.41) is 0. The Hall–Kier alpha value is -2.49. The SMILES string of the molecule is CCc1ccc(CN(C)c2nc3c(N)cccc3o2)cc1. The lowest BCUT2D eigenvalue weighted by Gasteiger charge is -2.14. The van der Waals surface area contributed by atoms with E-state index in [9.17, 15) is 0 Å². The van der Waals surface area contributed by atoms with Gasteiger partial charge in [0.15, 0.2) is 5.58 Å². The predicted molar refractivity (Wildman–Crippen MR) is 86.3 cm³/mol. The van der Waals surface area contributed by atoms with Gasteiger partial charge >= 0.3 is 0 Å². The van der Waals surface area contributed by atoms with Crippen molar-refractivity contribution in [2.75, 3.05) is 17.7 Å². The lowest BCUT2D eigenvalue weighted by Crippen LogP contribution is -2.16. The number of hydrogen-bond acceptors (Lipinski definition) is 4. The maximum atomic E-state index is 5.91. The first-order chi connectivity index (χ1) is 10.2. The average Bonchev–Trinajstić information content (AvgIpc) is 2.94. The fourth-order valence-electron chi connectivity index (χ4n) is 2.34. The third-order valence-electron chi connectivity index (χ3n) is 3.62. The summed E-state index contributed by atoms with van der Waals surface area (Å²) in [4.78, 5) is 6.46. The number of fused-ring (bicyclic) bond motifs is 1. The average molecular weight is 281 g/mol. The normalized spacial score (nSPS) is 11.0. The molecular formula is C17H19N3O.